The highest BCUT2D eigenvalue weighted by Gasteiger charge is 2.57. The van der Waals surface area contributed by atoms with Crippen LogP contribution in [-0.2, 0) is 4.57 Å². The van der Waals surface area contributed by atoms with Crippen molar-refractivity contribution in [1.29, 1.82) is 0 Å². The Morgan fingerprint density at radius 3 is 1.58 bits per heavy atom. The molecule has 19 heavy (non-hydrogen) atoms. The van der Waals surface area contributed by atoms with Crippen LogP contribution in [0.15, 0.2) is 0 Å². The van der Waals surface area contributed by atoms with Crippen LogP contribution in [0.4, 0.5) is 0 Å². The zero-order valence-electron chi connectivity index (χ0n) is 13.3. The molecule has 1 aliphatic heterocycles. The van der Waals surface area contributed by atoms with Crippen LogP contribution < -0.4 is 0 Å². The van der Waals surface area contributed by atoms with E-state index in [1.807, 2.05) is 18.8 Å². The molecule has 0 aromatic carbocycles. The minimum absolute atomic E-state index is 0.336. The first kappa shape index (κ1) is 15.5. The van der Waals surface area contributed by atoms with E-state index in [9.17, 15) is 4.57 Å². The Kier molecular flexibility index (Phi) is 4.47. The molecule has 4 nitrogen and oxygen atoms in total. The predicted molar refractivity (Wildman–Crippen MR) is 81.3 cm³/mol. The lowest BCUT2D eigenvalue weighted by molar-refractivity contribution is 0.173. The van der Waals surface area contributed by atoms with Crippen LogP contribution >= 0.6 is 7.59 Å². The number of fused-ring (bicyclic) bond motifs is 1. The average Bonchev–Trinajstić information content (AvgIpc) is 2.58. The topological polar surface area (TPSA) is 26.8 Å². The minimum Gasteiger partial charge on any atom is -0.270 e. The largest absolute Gasteiger partial charge is 0.287 e. The highest BCUT2D eigenvalue weighted by molar-refractivity contribution is 7.57. The van der Waals surface area contributed by atoms with Gasteiger partial charge in [0, 0.05) is 24.2 Å². The second-order valence-electron chi connectivity index (χ2n) is 6.73. The maximum atomic E-state index is 13.8. The van der Waals surface area contributed by atoms with Crippen molar-refractivity contribution in [2.24, 2.45) is 0 Å². The van der Waals surface area contributed by atoms with Crippen LogP contribution in [0.25, 0.3) is 0 Å². The fourth-order valence-electron chi connectivity index (χ4n) is 4.00. The SMILES string of the molecule is CC(C)N1[C@@H]2CCCC[C@H]2N(C(C)C)P1(=O)N(C)C. The van der Waals surface area contributed by atoms with E-state index in [0.717, 1.165) is 0 Å². The summed E-state index contributed by atoms with van der Waals surface area (Å²) in [6.07, 6.45) is 4.96. The monoisotopic (exact) mass is 287 g/mol. The smallest absolute Gasteiger partial charge is 0.270 e. The van der Waals surface area contributed by atoms with E-state index in [1.165, 1.54) is 25.7 Å². The normalized spacial score (nSPS) is 32.5. The lowest BCUT2D eigenvalue weighted by Gasteiger charge is -2.39. The van der Waals surface area contributed by atoms with Crippen LogP contribution in [0.5, 0.6) is 0 Å². The molecule has 2 rings (SSSR count). The summed E-state index contributed by atoms with van der Waals surface area (Å²) < 4.78 is 20.4. The van der Waals surface area contributed by atoms with E-state index in [-0.39, 0.29) is 0 Å². The molecular weight excluding hydrogens is 257 g/mol. The number of hydrogen-bond donors (Lipinski definition) is 0. The standard InChI is InChI=1S/C14H30N3OP/c1-11(2)16-13-9-7-8-10-14(13)17(12(3)4)19(16,18)15(5)6/h11-14H,7-10H2,1-6H3/t13-,14-/m1/s1. The van der Waals surface area contributed by atoms with Crippen molar-refractivity contribution in [3.8, 4) is 0 Å². The zero-order chi connectivity index (χ0) is 14.4. The van der Waals surface area contributed by atoms with Crippen LogP contribution in [0.3, 0.4) is 0 Å². The van der Waals surface area contributed by atoms with Gasteiger partial charge in [0.2, 0.25) is 0 Å². The summed E-state index contributed by atoms with van der Waals surface area (Å²) in [6, 6.07) is 1.62. The van der Waals surface area contributed by atoms with Crippen molar-refractivity contribution in [2.45, 2.75) is 77.5 Å². The van der Waals surface area contributed by atoms with E-state index in [1.54, 1.807) is 0 Å². The summed E-state index contributed by atoms with van der Waals surface area (Å²) in [7, 11) is 1.37. The molecule has 0 spiro atoms. The second-order valence-corrected chi connectivity index (χ2v) is 9.48. The molecular formula is C14H30N3OP. The minimum atomic E-state index is -2.58. The average molecular weight is 287 g/mol. The molecule has 1 saturated carbocycles. The molecule has 1 heterocycles. The molecule has 2 aliphatic rings. The molecule has 0 aromatic rings. The first-order chi connectivity index (χ1) is 8.81. The molecule has 0 unspecified atom stereocenters. The van der Waals surface area contributed by atoms with E-state index in [2.05, 4.69) is 37.0 Å². The lowest BCUT2D eigenvalue weighted by Crippen LogP contribution is -2.43. The fourth-order valence-corrected chi connectivity index (χ4v) is 7.57. The van der Waals surface area contributed by atoms with Crippen LogP contribution in [0.1, 0.15) is 53.4 Å². The first-order valence-electron chi connectivity index (χ1n) is 7.67. The number of hydrogen-bond acceptors (Lipinski definition) is 1. The molecule has 2 atom stereocenters. The number of rotatable bonds is 3. The first-order valence-corrected chi connectivity index (χ1v) is 9.23. The summed E-state index contributed by atoms with van der Waals surface area (Å²) in [4.78, 5) is 0. The molecule has 0 aromatic heterocycles. The Bertz CT molecular complexity index is 342. The highest BCUT2D eigenvalue weighted by atomic mass is 31.2. The van der Waals surface area contributed by atoms with E-state index in [4.69, 9.17) is 0 Å². The van der Waals surface area contributed by atoms with Gasteiger partial charge in [0.1, 0.15) is 0 Å². The summed E-state index contributed by atoms with van der Waals surface area (Å²) in [5.41, 5.74) is 0. The van der Waals surface area contributed by atoms with Gasteiger partial charge in [0.15, 0.2) is 0 Å². The van der Waals surface area contributed by atoms with Crippen molar-refractivity contribution in [3.63, 3.8) is 0 Å². The lowest BCUT2D eigenvalue weighted by atomic mass is 9.89. The summed E-state index contributed by atoms with van der Waals surface area (Å²) in [5.74, 6) is 0. The van der Waals surface area contributed by atoms with Gasteiger partial charge in [-0.15, -0.1) is 0 Å². The van der Waals surface area contributed by atoms with E-state index < -0.39 is 7.59 Å². The molecule has 112 valence electrons. The van der Waals surface area contributed by atoms with Crippen LogP contribution in [0.2, 0.25) is 0 Å². The summed E-state index contributed by atoms with van der Waals surface area (Å²) in [6.45, 7) is 8.74. The van der Waals surface area contributed by atoms with Crippen LogP contribution in [0, 0.1) is 0 Å². The molecule has 1 aliphatic carbocycles. The maximum absolute atomic E-state index is 13.8. The Morgan fingerprint density at radius 2 is 1.32 bits per heavy atom. The fraction of sp³-hybridized carbons (Fsp3) is 1.00. The Labute approximate surface area is 118 Å². The van der Waals surface area contributed by atoms with Gasteiger partial charge in [0.25, 0.3) is 7.59 Å². The van der Waals surface area contributed by atoms with Gasteiger partial charge < -0.3 is 0 Å². The summed E-state index contributed by atoms with van der Waals surface area (Å²) >= 11 is 0. The van der Waals surface area contributed by atoms with Gasteiger partial charge in [-0.25, -0.2) is 14.0 Å². The molecule has 0 radical (unpaired) electrons. The Balaban J connectivity index is 2.48. The van der Waals surface area contributed by atoms with Crippen LogP contribution in [-0.4, -0.2) is 52.3 Å². The van der Waals surface area contributed by atoms with Gasteiger partial charge >= 0.3 is 0 Å². The molecule has 2 fully saturated rings. The van der Waals surface area contributed by atoms with E-state index in [0.29, 0.717) is 24.2 Å². The quantitative estimate of drug-likeness (QED) is 0.743. The third kappa shape index (κ3) is 2.31. The van der Waals surface area contributed by atoms with Gasteiger partial charge in [-0.3, -0.25) is 4.57 Å². The van der Waals surface area contributed by atoms with E-state index >= 15 is 0 Å². The zero-order valence-corrected chi connectivity index (χ0v) is 14.2. The van der Waals surface area contributed by atoms with Gasteiger partial charge in [0.05, 0.1) is 0 Å². The van der Waals surface area contributed by atoms with Gasteiger partial charge in [-0.2, -0.15) is 0 Å². The molecule has 1 saturated heterocycles. The van der Waals surface area contributed by atoms with Crippen molar-refractivity contribution in [3.05, 3.63) is 0 Å². The predicted octanol–water partition coefficient (Wildman–Crippen LogP) is 3.40. The van der Waals surface area contributed by atoms with Crippen molar-refractivity contribution in [2.75, 3.05) is 14.1 Å². The van der Waals surface area contributed by atoms with Crippen molar-refractivity contribution in [1.82, 2.24) is 14.0 Å². The molecule has 0 bridgehead atoms. The van der Waals surface area contributed by atoms with Gasteiger partial charge in [-0.05, 0) is 54.6 Å². The summed E-state index contributed by atoms with van der Waals surface area (Å²) in [5, 5.41) is 0. The molecule has 0 amide bonds. The third-order valence-electron chi connectivity index (χ3n) is 4.55. The van der Waals surface area contributed by atoms with Gasteiger partial charge in [-0.1, -0.05) is 12.8 Å². The van der Waals surface area contributed by atoms with Crippen molar-refractivity contribution < 1.29 is 4.57 Å². The third-order valence-corrected chi connectivity index (χ3v) is 8.32. The second kappa shape index (κ2) is 5.48. The molecule has 5 heteroatoms. The maximum Gasteiger partial charge on any atom is 0.287 e. The number of nitrogens with zero attached hydrogens (tertiary/aromatic N) is 3. The van der Waals surface area contributed by atoms with Crippen molar-refractivity contribution >= 4 is 7.59 Å². The Hall–Kier alpha value is 0.110. The highest BCUT2D eigenvalue weighted by Crippen LogP contribution is 2.66. The molecule has 0 N–H and O–H groups in total. The Morgan fingerprint density at radius 1 is 0.947 bits per heavy atom.